The van der Waals surface area contributed by atoms with Gasteiger partial charge in [-0.25, -0.2) is 13.8 Å². The number of hydrogen-bond acceptors (Lipinski definition) is 5. The van der Waals surface area contributed by atoms with E-state index in [-0.39, 0.29) is 10.8 Å². The molecule has 28 heavy (non-hydrogen) atoms. The van der Waals surface area contributed by atoms with Gasteiger partial charge in [0.15, 0.2) is 0 Å². The summed E-state index contributed by atoms with van der Waals surface area (Å²) in [7, 11) is -3.68. The zero-order valence-electron chi connectivity index (χ0n) is 15.0. The van der Waals surface area contributed by atoms with Crippen LogP contribution in [0.15, 0.2) is 89.1 Å². The zero-order chi connectivity index (χ0) is 20.0. The number of carbonyl (C=O) groups is 1. The molecule has 7 nitrogen and oxygen atoms in total. The van der Waals surface area contributed by atoms with Crippen LogP contribution in [0.4, 0.5) is 5.69 Å². The molecule has 0 fully saturated rings. The van der Waals surface area contributed by atoms with Crippen LogP contribution in [0.1, 0.15) is 22.8 Å². The fourth-order valence-corrected chi connectivity index (χ4v) is 3.45. The maximum absolute atomic E-state index is 12.5. The molecule has 0 radical (unpaired) electrons. The highest BCUT2D eigenvalue weighted by molar-refractivity contribution is 7.92. The molecule has 0 aliphatic carbocycles. The number of hydrogen-bond donors (Lipinski definition) is 2. The lowest BCUT2D eigenvalue weighted by Crippen LogP contribution is -2.19. The molecule has 3 aromatic rings. The molecule has 0 bridgehead atoms. The smallest absolute Gasteiger partial charge is 0.272 e. The standard InChI is InChI=1S/C20H18N4O3S/c1-15(22-23-20(25)17-8-6-12-21-14-17)16-7-5-9-18(13-16)24-28(26,27)19-10-3-2-4-11-19/h2-14,24H,1H3,(H,23,25)/b22-15+. The normalized spacial score (nSPS) is 11.7. The number of benzene rings is 2. The summed E-state index contributed by atoms with van der Waals surface area (Å²) in [5.41, 5.74) is 4.44. The monoisotopic (exact) mass is 394 g/mol. The van der Waals surface area contributed by atoms with Gasteiger partial charge in [-0.3, -0.25) is 14.5 Å². The highest BCUT2D eigenvalue weighted by Crippen LogP contribution is 2.17. The van der Waals surface area contributed by atoms with Crippen molar-refractivity contribution in [2.24, 2.45) is 5.10 Å². The van der Waals surface area contributed by atoms with Crippen molar-refractivity contribution >= 4 is 27.3 Å². The second-order valence-corrected chi connectivity index (χ2v) is 7.56. The highest BCUT2D eigenvalue weighted by Gasteiger charge is 2.14. The second-order valence-electron chi connectivity index (χ2n) is 5.88. The Hall–Kier alpha value is -3.52. The average Bonchev–Trinajstić information content (AvgIpc) is 2.73. The van der Waals surface area contributed by atoms with Gasteiger partial charge >= 0.3 is 0 Å². The lowest BCUT2D eigenvalue weighted by molar-refractivity contribution is 0.0954. The van der Waals surface area contributed by atoms with Gasteiger partial charge in [0, 0.05) is 18.1 Å². The number of anilines is 1. The maximum atomic E-state index is 12.5. The predicted octanol–water partition coefficient (Wildman–Crippen LogP) is 3.04. The van der Waals surface area contributed by atoms with Crippen molar-refractivity contribution in [3.63, 3.8) is 0 Å². The Morgan fingerprint density at radius 1 is 0.964 bits per heavy atom. The van der Waals surface area contributed by atoms with E-state index >= 15 is 0 Å². The quantitative estimate of drug-likeness (QED) is 0.496. The summed E-state index contributed by atoms with van der Waals surface area (Å²) in [6.45, 7) is 1.72. The molecule has 0 aliphatic heterocycles. The summed E-state index contributed by atoms with van der Waals surface area (Å²) < 4.78 is 27.4. The van der Waals surface area contributed by atoms with Crippen molar-refractivity contribution in [2.45, 2.75) is 11.8 Å². The second kappa shape index (κ2) is 8.45. The molecule has 1 aromatic heterocycles. The number of aromatic nitrogens is 1. The fourth-order valence-electron chi connectivity index (χ4n) is 2.38. The fraction of sp³-hybridized carbons (Fsp3) is 0.0500. The van der Waals surface area contributed by atoms with E-state index in [9.17, 15) is 13.2 Å². The SMILES string of the molecule is C/C(=N\NC(=O)c1cccnc1)c1cccc(NS(=O)(=O)c2ccccc2)c1. The van der Waals surface area contributed by atoms with E-state index in [0.717, 1.165) is 0 Å². The van der Waals surface area contributed by atoms with Crippen molar-refractivity contribution in [2.75, 3.05) is 4.72 Å². The minimum absolute atomic E-state index is 0.175. The van der Waals surface area contributed by atoms with E-state index in [1.54, 1.807) is 67.7 Å². The zero-order valence-corrected chi connectivity index (χ0v) is 15.8. The number of rotatable bonds is 6. The molecule has 8 heteroatoms. The van der Waals surface area contributed by atoms with Gasteiger partial charge < -0.3 is 0 Å². The number of amides is 1. The Kier molecular flexibility index (Phi) is 5.81. The molecule has 0 unspecified atom stereocenters. The first kappa shape index (κ1) is 19.2. The van der Waals surface area contributed by atoms with Gasteiger partial charge in [-0.15, -0.1) is 0 Å². The number of nitrogens with one attached hydrogen (secondary N) is 2. The molecule has 1 heterocycles. The van der Waals surface area contributed by atoms with E-state index in [1.165, 1.54) is 18.3 Å². The van der Waals surface area contributed by atoms with Crippen LogP contribution in [-0.2, 0) is 10.0 Å². The van der Waals surface area contributed by atoms with Crippen molar-refractivity contribution < 1.29 is 13.2 Å². The number of sulfonamides is 1. The van der Waals surface area contributed by atoms with E-state index in [4.69, 9.17) is 0 Å². The van der Waals surface area contributed by atoms with Crippen LogP contribution in [0.5, 0.6) is 0 Å². The molecule has 142 valence electrons. The summed E-state index contributed by atoms with van der Waals surface area (Å²) in [4.78, 5) is 16.1. The minimum atomic E-state index is -3.68. The molecular formula is C20H18N4O3S. The highest BCUT2D eigenvalue weighted by atomic mass is 32.2. The van der Waals surface area contributed by atoms with Gasteiger partial charge in [0.05, 0.1) is 16.2 Å². The molecule has 0 saturated carbocycles. The van der Waals surface area contributed by atoms with Crippen LogP contribution in [0.3, 0.4) is 0 Å². The Morgan fingerprint density at radius 3 is 2.43 bits per heavy atom. The van der Waals surface area contributed by atoms with Gasteiger partial charge in [-0.2, -0.15) is 5.10 Å². The molecule has 0 aliphatic rings. The molecular weight excluding hydrogens is 376 g/mol. The summed E-state index contributed by atoms with van der Waals surface area (Å²) in [5, 5.41) is 4.08. The summed E-state index contributed by atoms with van der Waals surface area (Å²) in [6, 6.07) is 18.2. The Balaban J connectivity index is 1.74. The first-order chi connectivity index (χ1) is 13.5. The number of pyridine rings is 1. The Morgan fingerprint density at radius 2 is 1.71 bits per heavy atom. The van der Waals surface area contributed by atoms with Gasteiger partial charge in [0.1, 0.15) is 0 Å². The molecule has 0 atom stereocenters. The maximum Gasteiger partial charge on any atom is 0.272 e. The van der Waals surface area contributed by atoms with E-state index in [1.807, 2.05) is 0 Å². The van der Waals surface area contributed by atoms with Crippen molar-refractivity contribution in [1.29, 1.82) is 0 Å². The summed E-state index contributed by atoms with van der Waals surface area (Å²) in [5.74, 6) is -0.381. The molecule has 3 rings (SSSR count). The summed E-state index contributed by atoms with van der Waals surface area (Å²) >= 11 is 0. The number of carbonyl (C=O) groups excluding carboxylic acids is 1. The van der Waals surface area contributed by atoms with E-state index in [2.05, 4.69) is 20.2 Å². The lowest BCUT2D eigenvalue weighted by Gasteiger charge is -2.09. The molecule has 2 N–H and O–H groups in total. The first-order valence-corrected chi connectivity index (χ1v) is 9.87. The Labute approximate surface area is 163 Å². The van der Waals surface area contributed by atoms with Crippen LogP contribution in [-0.4, -0.2) is 25.0 Å². The van der Waals surface area contributed by atoms with Crippen LogP contribution in [0.2, 0.25) is 0 Å². The third-order valence-corrected chi connectivity index (χ3v) is 5.23. The lowest BCUT2D eigenvalue weighted by atomic mass is 10.1. The molecule has 2 aromatic carbocycles. The van der Waals surface area contributed by atoms with Crippen LogP contribution in [0, 0.1) is 0 Å². The van der Waals surface area contributed by atoms with Gasteiger partial charge in [0.2, 0.25) is 0 Å². The first-order valence-electron chi connectivity index (χ1n) is 8.39. The van der Waals surface area contributed by atoms with Gasteiger partial charge in [0.25, 0.3) is 15.9 Å². The summed E-state index contributed by atoms with van der Waals surface area (Å²) in [6.07, 6.45) is 3.02. The number of nitrogens with zero attached hydrogens (tertiary/aromatic N) is 2. The van der Waals surface area contributed by atoms with Crippen LogP contribution < -0.4 is 10.1 Å². The van der Waals surface area contributed by atoms with E-state index < -0.39 is 10.0 Å². The third kappa shape index (κ3) is 4.80. The van der Waals surface area contributed by atoms with Crippen LogP contribution >= 0.6 is 0 Å². The molecule has 1 amide bonds. The number of hydrazone groups is 1. The average molecular weight is 394 g/mol. The predicted molar refractivity (Wildman–Crippen MR) is 108 cm³/mol. The molecule has 0 spiro atoms. The molecule has 0 saturated heterocycles. The van der Waals surface area contributed by atoms with Gasteiger partial charge in [-0.05, 0) is 48.9 Å². The van der Waals surface area contributed by atoms with Crippen molar-refractivity contribution in [1.82, 2.24) is 10.4 Å². The van der Waals surface area contributed by atoms with Crippen LogP contribution in [0.25, 0.3) is 0 Å². The third-order valence-electron chi connectivity index (χ3n) is 3.83. The largest absolute Gasteiger partial charge is 0.280 e. The van der Waals surface area contributed by atoms with E-state index in [0.29, 0.717) is 22.5 Å². The minimum Gasteiger partial charge on any atom is -0.280 e. The van der Waals surface area contributed by atoms with Crippen molar-refractivity contribution in [3.05, 3.63) is 90.3 Å². The topological polar surface area (TPSA) is 101 Å². The Bertz CT molecular complexity index is 1100. The van der Waals surface area contributed by atoms with Crippen molar-refractivity contribution in [3.8, 4) is 0 Å². The van der Waals surface area contributed by atoms with Gasteiger partial charge in [-0.1, -0.05) is 30.3 Å².